The minimum absolute atomic E-state index is 0.203. The number of nitrogens with one attached hydrogen (secondary N) is 1. The number of aliphatic hydroxyl groups excluding tert-OH is 5. The molecule has 1 heterocycles. The van der Waals surface area contributed by atoms with E-state index in [0.29, 0.717) is 0 Å². The van der Waals surface area contributed by atoms with Crippen LogP contribution in [-0.4, -0.2) is 70.1 Å². The largest absolute Gasteiger partial charge is 0.396 e. The zero-order valence-electron chi connectivity index (χ0n) is 8.45. The maximum absolute atomic E-state index is 9.77. The average Bonchev–Trinajstić information content (AvgIpc) is 2.28. The number of piperidine rings is 1. The van der Waals surface area contributed by atoms with E-state index in [1.54, 1.807) is 0 Å². The fourth-order valence-electron chi connectivity index (χ4n) is 2.20. The monoisotopic (exact) mass is 221 g/mol. The molecule has 6 nitrogen and oxygen atoms in total. The Labute approximate surface area is 88.2 Å². The van der Waals surface area contributed by atoms with Crippen LogP contribution in [0.15, 0.2) is 0 Å². The van der Waals surface area contributed by atoms with Gasteiger partial charge in [0.15, 0.2) is 0 Å². The summed E-state index contributed by atoms with van der Waals surface area (Å²) in [5.74, 6) is -0.927. The highest BCUT2D eigenvalue weighted by molar-refractivity contribution is 4.96. The summed E-state index contributed by atoms with van der Waals surface area (Å²) >= 11 is 0. The third-order valence-corrected chi connectivity index (χ3v) is 3.16. The Morgan fingerprint density at radius 1 is 0.733 bits per heavy atom. The summed E-state index contributed by atoms with van der Waals surface area (Å²) in [4.78, 5) is 0. The van der Waals surface area contributed by atoms with Gasteiger partial charge in [0.05, 0.1) is 25.4 Å². The summed E-state index contributed by atoms with van der Waals surface area (Å²) in [6, 6.07) is -0.977. The van der Waals surface area contributed by atoms with Crippen LogP contribution in [0, 0.1) is 11.8 Å². The van der Waals surface area contributed by atoms with E-state index in [-0.39, 0.29) is 26.4 Å². The fourth-order valence-corrected chi connectivity index (χ4v) is 2.20. The first kappa shape index (κ1) is 12.8. The standard InChI is InChI=1S/C9H19NO5/c11-1-5-6(2-12)9(15)8(4-14)10-7(5)3-13/h5-15H,1-4H2/t5-,6+,7-,8+,9+/m1/s1. The molecule has 1 aliphatic heterocycles. The highest BCUT2D eigenvalue weighted by Gasteiger charge is 2.42. The number of hydrogen-bond acceptors (Lipinski definition) is 6. The first-order chi connectivity index (χ1) is 7.19. The molecule has 6 heteroatoms. The van der Waals surface area contributed by atoms with Gasteiger partial charge in [0.1, 0.15) is 0 Å². The number of hydrogen-bond donors (Lipinski definition) is 6. The van der Waals surface area contributed by atoms with Crippen LogP contribution >= 0.6 is 0 Å². The average molecular weight is 221 g/mol. The SMILES string of the molecule is OC[C@@H]1[C@H](O)[C@H](CO)N[C@H](CO)[C@@H]1CO. The van der Waals surface area contributed by atoms with Crippen LogP contribution in [0.25, 0.3) is 0 Å². The fraction of sp³-hybridized carbons (Fsp3) is 1.00. The lowest BCUT2D eigenvalue weighted by molar-refractivity contribution is -0.0713. The smallest absolute Gasteiger partial charge is 0.0769 e. The van der Waals surface area contributed by atoms with Gasteiger partial charge in [0.2, 0.25) is 0 Å². The van der Waals surface area contributed by atoms with Gasteiger partial charge in [0.25, 0.3) is 0 Å². The Morgan fingerprint density at radius 2 is 1.27 bits per heavy atom. The molecule has 90 valence electrons. The summed E-state index contributed by atoms with van der Waals surface area (Å²) in [6.07, 6.45) is -0.917. The summed E-state index contributed by atoms with van der Waals surface area (Å²) in [5.41, 5.74) is 0. The Morgan fingerprint density at radius 3 is 1.67 bits per heavy atom. The molecule has 0 unspecified atom stereocenters. The third-order valence-electron chi connectivity index (χ3n) is 3.16. The van der Waals surface area contributed by atoms with Crippen molar-refractivity contribution in [3.05, 3.63) is 0 Å². The van der Waals surface area contributed by atoms with Crippen molar-refractivity contribution in [2.75, 3.05) is 26.4 Å². The van der Waals surface area contributed by atoms with Crippen molar-refractivity contribution in [1.82, 2.24) is 5.32 Å². The lowest BCUT2D eigenvalue weighted by Crippen LogP contribution is -2.63. The molecular weight excluding hydrogens is 202 g/mol. The minimum Gasteiger partial charge on any atom is -0.396 e. The van der Waals surface area contributed by atoms with Crippen LogP contribution in [0.1, 0.15) is 0 Å². The molecule has 6 N–H and O–H groups in total. The van der Waals surface area contributed by atoms with E-state index in [1.807, 2.05) is 0 Å². The predicted octanol–water partition coefficient (Wildman–Crippen LogP) is -3.11. The minimum atomic E-state index is -0.917. The molecule has 0 amide bonds. The molecule has 1 aliphatic rings. The summed E-state index contributed by atoms with van der Waals surface area (Å²) in [6.45, 7) is -0.975. The first-order valence-corrected chi connectivity index (χ1v) is 5.07. The Kier molecular flexibility index (Phi) is 4.91. The van der Waals surface area contributed by atoms with E-state index in [2.05, 4.69) is 5.32 Å². The third kappa shape index (κ3) is 2.47. The van der Waals surface area contributed by atoms with Crippen molar-refractivity contribution in [2.45, 2.75) is 18.2 Å². The molecule has 0 aromatic heterocycles. The van der Waals surface area contributed by atoms with Crippen molar-refractivity contribution in [1.29, 1.82) is 0 Å². The Balaban J connectivity index is 2.78. The molecule has 0 aliphatic carbocycles. The highest BCUT2D eigenvalue weighted by Crippen LogP contribution is 2.26. The molecule has 15 heavy (non-hydrogen) atoms. The summed E-state index contributed by atoms with van der Waals surface area (Å²) in [5, 5.41) is 49.0. The van der Waals surface area contributed by atoms with Crippen molar-refractivity contribution in [2.24, 2.45) is 11.8 Å². The molecule has 1 rings (SSSR count). The van der Waals surface area contributed by atoms with E-state index in [9.17, 15) is 5.11 Å². The molecule has 0 bridgehead atoms. The lowest BCUT2D eigenvalue weighted by atomic mass is 9.77. The van der Waals surface area contributed by atoms with Crippen LogP contribution in [-0.2, 0) is 0 Å². The summed E-state index contributed by atoms with van der Waals surface area (Å²) in [7, 11) is 0. The number of aliphatic hydroxyl groups is 5. The molecule has 0 aromatic carbocycles. The molecule has 1 saturated heterocycles. The van der Waals surface area contributed by atoms with Crippen LogP contribution < -0.4 is 5.32 Å². The van der Waals surface area contributed by atoms with E-state index in [1.165, 1.54) is 0 Å². The first-order valence-electron chi connectivity index (χ1n) is 5.07. The van der Waals surface area contributed by atoms with Crippen LogP contribution in [0.2, 0.25) is 0 Å². The van der Waals surface area contributed by atoms with Gasteiger partial charge in [-0.15, -0.1) is 0 Å². The van der Waals surface area contributed by atoms with E-state index in [4.69, 9.17) is 20.4 Å². The molecule has 0 radical (unpaired) electrons. The van der Waals surface area contributed by atoms with Gasteiger partial charge in [-0.2, -0.15) is 0 Å². The van der Waals surface area contributed by atoms with Gasteiger partial charge in [0, 0.05) is 31.1 Å². The highest BCUT2D eigenvalue weighted by atomic mass is 16.3. The topological polar surface area (TPSA) is 113 Å². The maximum atomic E-state index is 9.77. The predicted molar refractivity (Wildman–Crippen MR) is 52.0 cm³/mol. The van der Waals surface area contributed by atoms with E-state index < -0.39 is 30.0 Å². The molecule has 0 saturated carbocycles. The molecule has 5 atom stereocenters. The molecule has 0 aromatic rings. The van der Waals surface area contributed by atoms with Gasteiger partial charge < -0.3 is 30.8 Å². The Hall–Kier alpha value is -0.240. The van der Waals surface area contributed by atoms with Crippen LogP contribution in [0.3, 0.4) is 0 Å². The van der Waals surface area contributed by atoms with E-state index >= 15 is 0 Å². The normalized spacial score (nSPS) is 41.8. The quantitative estimate of drug-likeness (QED) is 0.299. The van der Waals surface area contributed by atoms with Crippen molar-refractivity contribution < 1.29 is 25.5 Å². The number of rotatable bonds is 4. The molecular formula is C9H19NO5. The zero-order valence-corrected chi connectivity index (χ0v) is 8.45. The van der Waals surface area contributed by atoms with Crippen molar-refractivity contribution in [3.8, 4) is 0 Å². The summed E-state index contributed by atoms with van der Waals surface area (Å²) < 4.78 is 0. The molecule has 0 spiro atoms. The van der Waals surface area contributed by atoms with Gasteiger partial charge in [-0.1, -0.05) is 0 Å². The second-order valence-corrected chi connectivity index (χ2v) is 3.93. The van der Waals surface area contributed by atoms with Gasteiger partial charge in [-0.05, 0) is 0 Å². The van der Waals surface area contributed by atoms with Crippen molar-refractivity contribution in [3.63, 3.8) is 0 Å². The van der Waals surface area contributed by atoms with Gasteiger partial charge >= 0.3 is 0 Å². The lowest BCUT2D eigenvalue weighted by Gasteiger charge is -2.43. The van der Waals surface area contributed by atoms with Crippen LogP contribution in [0.4, 0.5) is 0 Å². The van der Waals surface area contributed by atoms with E-state index in [0.717, 1.165) is 0 Å². The maximum Gasteiger partial charge on any atom is 0.0769 e. The van der Waals surface area contributed by atoms with Gasteiger partial charge in [-0.25, -0.2) is 0 Å². The molecule has 1 fully saturated rings. The van der Waals surface area contributed by atoms with Crippen molar-refractivity contribution >= 4 is 0 Å². The Bertz CT molecular complexity index is 191. The van der Waals surface area contributed by atoms with Gasteiger partial charge in [-0.3, -0.25) is 0 Å². The van der Waals surface area contributed by atoms with Crippen LogP contribution in [0.5, 0.6) is 0 Å². The zero-order chi connectivity index (χ0) is 11.4. The second-order valence-electron chi connectivity index (χ2n) is 3.93. The second kappa shape index (κ2) is 5.74.